The molecule has 3 N–H and O–H groups in total. The smallest absolute Gasteiger partial charge is 0.255 e. The van der Waals surface area contributed by atoms with Crippen LogP contribution < -0.4 is 11.1 Å². The molecule has 1 heterocycles. The summed E-state index contributed by atoms with van der Waals surface area (Å²) in [5, 5.41) is 7.61. The molecule has 3 aromatic rings. The SMILES string of the molecule is CCn1cc(C(=O)N[C@@H](CC(N)=O)c2cccc(Cl)c2)c(-c2ccccc2F)n1. The first-order chi connectivity index (χ1) is 13.9. The molecule has 0 fully saturated rings. The van der Waals surface area contributed by atoms with Crippen molar-refractivity contribution in [1.29, 1.82) is 0 Å². The van der Waals surface area contributed by atoms with Crippen molar-refractivity contribution in [1.82, 2.24) is 15.1 Å². The Morgan fingerprint density at radius 1 is 1.24 bits per heavy atom. The van der Waals surface area contributed by atoms with Crippen LogP contribution in [0.4, 0.5) is 4.39 Å². The minimum absolute atomic E-state index is 0.108. The molecule has 1 aromatic heterocycles. The van der Waals surface area contributed by atoms with Gasteiger partial charge in [-0.3, -0.25) is 14.3 Å². The van der Waals surface area contributed by atoms with Gasteiger partial charge in [-0.05, 0) is 36.8 Å². The zero-order valence-electron chi connectivity index (χ0n) is 15.7. The highest BCUT2D eigenvalue weighted by atomic mass is 35.5. The van der Waals surface area contributed by atoms with Gasteiger partial charge in [0.2, 0.25) is 5.91 Å². The number of carbonyl (C=O) groups is 2. The summed E-state index contributed by atoms with van der Waals surface area (Å²) in [7, 11) is 0. The zero-order valence-corrected chi connectivity index (χ0v) is 16.5. The average Bonchev–Trinajstić information content (AvgIpc) is 3.12. The minimum atomic E-state index is -0.683. The second kappa shape index (κ2) is 8.87. The predicted octanol–water partition coefficient (Wildman–Crippen LogP) is 3.71. The molecule has 29 heavy (non-hydrogen) atoms. The van der Waals surface area contributed by atoms with Gasteiger partial charge < -0.3 is 11.1 Å². The Morgan fingerprint density at radius 3 is 2.66 bits per heavy atom. The number of carbonyl (C=O) groups excluding carboxylic acids is 2. The van der Waals surface area contributed by atoms with E-state index in [1.54, 1.807) is 53.3 Å². The van der Waals surface area contributed by atoms with Gasteiger partial charge in [-0.25, -0.2) is 4.39 Å². The van der Waals surface area contributed by atoms with Crippen LogP contribution in [0, 0.1) is 5.82 Å². The van der Waals surface area contributed by atoms with Crippen LogP contribution in [-0.2, 0) is 11.3 Å². The molecule has 6 nitrogen and oxygen atoms in total. The fraction of sp³-hybridized carbons (Fsp3) is 0.190. The lowest BCUT2D eigenvalue weighted by Crippen LogP contribution is -2.32. The molecular formula is C21H20ClFN4O2. The number of benzene rings is 2. The summed E-state index contributed by atoms with van der Waals surface area (Å²) in [5.41, 5.74) is 6.65. The molecule has 3 rings (SSSR count). The molecule has 2 amide bonds. The van der Waals surface area contributed by atoms with Crippen molar-refractivity contribution >= 4 is 23.4 Å². The molecule has 2 aromatic carbocycles. The van der Waals surface area contributed by atoms with E-state index in [1.807, 2.05) is 6.92 Å². The Labute approximate surface area is 172 Å². The summed E-state index contributed by atoms with van der Waals surface area (Å²) in [6, 6.07) is 12.2. The molecule has 0 bridgehead atoms. The third-order valence-corrected chi connectivity index (χ3v) is 4.66. The average molecular weight is 415 g/mol. The van der Waals surface area contributed by atoms with Gasteiger partial charge in [-0.2, -0.15) is 5.10 Å². The van der Waals surface area contributed by atoms with Crippen LogP contribution in [0.3, 0.4) is 0 Å². The van der Waals surface area contributed by atoms with Gasteiger partial charge in [-0.1, -0.05) is 35.9 Å². The lowest BCUT2D eigenvalue weighted by Gasteiger charge is -2.18. The third kappa shape index (κ3) is 4.81. The molecule has 0 unspecified atom stereocenters. The normalized spacial score (nSPS) is 11.8. The molecule has 1 atom stereocenters. The molecule has 0 radical (unpaired) electrons. The number of halogens is 2. The lowest BCUT2D eigenvalue weighted by molar-refractivity contribution is -0.118. The van der Waals surface area contributed by atoms with Crippen LogP contribution in [0.5, 0.6) is 0 Å². The molecule has 0 aliphatic rings. The number of aryl methyl sites for hydroxylation is 1. The molecule has 0 saturated heterocycles. The monoisotopic (exact) mass is 414 g/mol. The molecule has 0 spiro atoms. The van der Waals surface area contributed by atoms with Crippen molar-refractivity contribution in [2.24, 2.45) is 5.73 Å². The molecular weight excluding hydrogens is 395 g/mol. The maximum absolute atomic E-state index is 14.3. The summed E-state index contributed by atoms with van der Waals surface area (Å²) in [6.45, 7) is 2.37. The Kier molecular flexibility index (Phi) is 6.29. The maximum atomic E-state index is 14.3. The summed E-state index contributed by atoms with van der Waals surface area (Å²) in [4.78, 5) is 24.6. The van der Waals surface area contributed by atoms with Gasteiger partial charge in [0.1, 0.15) is 11.5 Å². The topological polar surface area (TPSA) is 90.0 Å². The molecule has 0 aliphatic carbocycles. The highest BCUT2D eigenvalue weighted by molar-refractivity contribution is 6.30. The number of hydrogen-bond acceptors (Lipinski definition) is 3. The van der Waals surface area contributed by atoms with Crippen LogP contribution in [-0.4, -0.2) is 21.6 Å². The van der Waals surface area contributed by atoms with Crippen molar-refractivity contribution in [3.63, 3.8) is 0 Å². The minimum Gasteiger partial charge on any atom is -0.370 e. The number of nitrogens with two attached hydrogens (primary N) is 1. The van der Waals surface area contributed by atoms with Crippen LogP contribution in [0.15, 0.2) is 54.7 Å². The van der Waals surface area contributed by atoms with Crippen LogP contribution in [0.25, 0.3) is 11.3 Å². The number of primary amides is 1. The van der Waals surface area contributed by atoms with Crippen molar-refractivity contribution < 1.29 is 14.0 Å². The van der Waals surface area contributed by atoms with E-state index < -0.39 is 23.7 Å². The Hall–Kier alpha value is -3.19. The molecule has 150 valence electrons. The van der Waals surface area contributed by atoms with E-state index in [9.17, 15) is 14.0 Å². The summed E-state index contributed by atoms with van der Waals surface area (Å²) >= 11 is 6.04. The van der Waals surface area contributed by atoms with Gasteiger partial charge in [0.05, 0.1) is 18.0 Å². The van der Waals surface area contributed by atoms with E-state index in [0.29, 0.717) is 17.1 Å². The highest BCUT2D eigenvalue weighted by Crippen LogP contribution is 2.26. The van der Waals surface area contributed by atoms with Crippen LogP contribution >= 0.6 is 11.6 Å². The van der Waals surface area contributed by atoms with E-state index in [1.165, 1.54) is 6.07 Å². The van der Waals surface area contributed by atoms with E-state index in [0.717, 1.165) is 0 Å². The van der Waals surface area contributed by atoms with Crippen molar-refractivity contribution in [2.75, 3.05) is 0 Å². The largest absolute Gasteiger partial charge is 0.370 e. The quantitative estimate of drug-likeness (QED) is 0.617. The van der Waals surface area contributed by atoms with Crippen molar-refractivity contribution in [3.8, 4) is 11.3 Å². The first-order valence-electron chi connectivity index (χ1n) is 9.06. The first kappa shape index (κ1) is 20.5. The zero-order chi connectivity index (χ0) is 21.0. The van der Waals surface area contributed by atoms with E-state index >= 15 is 0 Å². The predicted molar refractivity (Wildman–Crippen MR) is 109 cm³/mol. The molecule has 8 heteroatoms. The van der Waals surface area contributed by atoms with Crippen molar-refractivity contribution in [2.45, 2.75) is 25.9 Å². The second-order valence-corrected chi connectivity index (χ2v) is 6.91. The van der Waals surface area contributed by atoms with Crippen LogP contribution in [0.1, 0.15) is 35.3 Å². The number of nitrogens with one attached hydrogen (secondary N) is 1. The molecule has 0 saturated carbocycles. The third-order valence-electron chi connectivity index (χ3n) is 4.42. The van der Waals surface area contributed by atoms with Gasteiger partial charge in [0, 0.05) is 23.3 Å². The number of amides is 2. The van der Waals surface area contributed by atoms with Crippen LogP contribution in [0.2, 0.25) is 5.02 Å². The number of hydrogen-bond donors (Lipinski definition) is 2. The van der Waals surface area contributed by atoms with Gasteiger partial charge in [-0.15, -0.1) is 0 Å². The fourth-order valence-corrected chi connectivity index (χ4v) is 3.21. The first-order valence-corrected chi connectivity index (χ1v) is 9.43. The van der Waals surface area contributed by atoms with Gasteiger partial charge >= 0.3 is 0 Å². The number of nitrogens with zero attached hydrogens (tertiary/aromatic N) is 2. The van der Waals surface area contributed by atoms with E-state index in [-0.39, 0.29) is 23.2 Å². The maximum Gasteiger partial charge on any atom is 0.255 e. The number of rotatable bonds is 7. The van der Waals surface area contributed by atoms with Gasteiger partial charge in [0.25, 0.3) is 5.91 Å². The fourth-order valence-electron chi connectivity index (χ4n) is 3.01. The van der Waals surface area contributed by atoms with Crippen molar-refractivity contribution in [3.05, 3.63) is 76.7 Å². The van der Waals surface area contributed by atoms with Gasteiger partial charge in [0.15, 0.2) is 0 Å². The Morgan fingerprint density at radius 2 is 2.00 bits per heavy atom. The molecule has 0 aliphatic heterocycles. The second-order valence-electron chi connectivity index (χ2n) is 6.48. The summed E-state index contributed by atoms with van der Waals surface area (Å²) in [5.74, 6) is -1.55. The standard InChI is InChI=1S/C21H20ClFN4O2/c1-2-27-12-16(20(26-27)15-8-3-4-9-17(15)23)21(29)25-18(11-19(24)28)13-6-5-7-14(22)10-13/h3-10,12,18H,2,11H2,1H3,(H2,24,28)(H,25,29)/t18-/m0/s1. The Balaban J connectivity index is 1.97. The highest BCUT2D eigenvalue weighted by Gasteiger charge is 2.24. The summed E-state index contributed by atoms with van der Waals surface area (Å²) < 4.78 is 15.9. The van der Waals surface area contributed by atoms with E-state index in [2.05, 4.69) is 10.4 Å². The summed E-state index contributed by atoms with van der Waals surface area (Å²) in [6.07, 6.45) is 1.44. The van der Waals surface area contributed by atoms with E-state index in [4.69, 9.17) is 17.3 Å². The Bertz CT molecular complexity index is 1050. The number of aromatic nitrogens is 2. The lowest BCUT2D eigenvalue weighted by atomic mass is 10.0.